The van der Waals surface area contributed by atoms with Gasteiger partial charge in [0.25, 0.3) is 5.56 Å². The average Bonchev–Trinajstić information content (AvgIpc) is 2.74. The third kappa shape index (κ3) is 4.04. The van der Waals surface area contributed by atoms with Gasteiger partial charge in [-0.1, -0.05) is 18.2 Å². The van der Waals surface area contributed by atoms with Crippen LogP contribution in [0.2, 0.25) is 0 Å². The van der Waals surface area contributed by atoms with Crippen LogP contribution in [0.4, 0.5) is 0 Å². The molecule has 30 heavy (non-hydrogen) atoms. The Morgan fingerprint density at radius 3 is 2.93 bits per heavy atom. The molecule has 7 nitrogen and oxygen atoms in total. The molecular weight excluding hydrogens is 398 g/mol. The zero-order valence-corrected chi connectivity index (χ0v) is 17.5. The average molecular weight is 422 g/mol. The summed E-state index contributed by atoms with van der Waals surface area (Å²) < 4.78 is 1.58. The molecule has 1 atom stereocenters. The number of hydrogen-bond acceptors (Lipinski definition) is 6. The van der Waals surface area contributed by atoms with Crippen LogP contribution in [-0.4, -0.2) is 37.4 Å². The van der Waals surface area contributed by atoms with E-state index in [1.165, 1.54) is 10.8 Å². The number of piperidine rings is 1. The molecule has 1 aliphatic heterocycles. The molecule has 0 unspecified atom stereocenters. The molecule has 3 aromatic rings. The van der Waals surface area contributed by atoms with E-state index in [-0.39, 0.29) is 22.3 Å². The van der Waals surface area contributed by atoms with E-state index >= 15 is 0 Å². The number of hydrazone groups is 1. The number of hydrogen-bond donors (Lipinski definition) is 2. The SMILES string of the molecule is Cc1cccc(-n2c(O)c(/C=N/N3CCCC[C@H]3c3cccnc3)c(=O)[nH]c2=S)c1. The second kappa shape index (κ2) is 8.62. The molecule has 0 spiro atoms. The number of aromatic hydroxyl groups is 1. The van der Waals surface area contributed by atoms with E-state index in [1.807, 2.05) is 54.5 Å². The Labute approximate surface area is 179 Å². The maximum atomic E-state index is 12.5. The highest BCUT2D eigenvalue weighted by molar-refractivity contribution is 7.71. The fraction of sp³-hybridized carbons (Fsp3) is 0.273. The molecule has 2 N–H and O–H groups in total. The van der Waals surface area contributed by atoms with Gasteiger partial charge in [-0.2, -0.15) is 5.10 Å². The van der Waals surface area contributed by atoms with Gasteiger partial charge in [-0.05, 0) is 67.7 Å². The maximum absolute atomic E-state index is 12.5. The molecule has 0 saturated carbocycles. The fourth-order valence-corrected chi connectivity index (χ4v) is 4.04. The first-order chi connectivity index (χ1) is 14.5. The van der Waals surface area contributed by atoms with Crippen LogP contribution in [-0.2, 0) is 0 Å². The monoisotopic (exact) mass is 421 g/mol. The van der Waals surface area contributed by atoms with Crippen molar-refractivity contribution < 1.29 is 5.11 Å². The summed E-state index contributed by atoms with van der Waals surface area (Å²) in [5, 5.41) is 17.4. The van der Waals surface area contributed by atoms with Crippen LogP contribution >= 0.6 is 12.2 Å². The maximum Gasteiger partial charge on any atom is 0.264 e. The Hall–Kier alpha value is -3.26. The van der Waals surface area contributed by atoms with Crippen molar-refractivity contribution in [1.29, 1.82) is 0 Å². The van der Waals surface area contributed by atoms with Crippen LogP contribution in [0, 0.1) is 11.7 Å². The normalized spacial score (nSPS) is 16.8. The number of rotatable bonds is 4. The van der Waals surface area contributed by atoms with Crippen LogP contribution < -0.4 is 5.56 Å². The predicted molar refractivity (Wildman–Crippen MR) is 119 cm³/mol. The van der Waals surface area contributed by atoms with Crippen molar-refractivity contribution in [2.45, 2.75) is 32.2 Å². The first-order valence-corrected chi connectivity index (χ1v) is 10.3. The van der Waals surface area contributed by atoms with Gasteiger partial charge >= 0.3 is 0 Å². The van der Waals surface area contributed by atoms with Crippen LogP contribution in [0.25, 0.3) is 5.69 Å². The Morgan fingerprint density at radius 1 is 1.30 bits per heavy atom. The summed E-state index contributed by atoms with van der Waals surface area (Å²) in [5.74, 6) is -0.229. The third-order valence-corrected chi connectivity index (χ3v) is 5.54. The Balaban J connectivity index is 1.72. The Morgan fingerprint density at radius 2 is 2.17 bits per heavy atom. The minimum absolute atomic E-state index is 0.0700. The molecule has 0 aliphatic carbocycles. The minimum atomic E-state index is -0.472. The lowest BCUT2D eigenvalue weighted by molar-refractivity contribution is 0.156. The van der Waals surface area contributed by atoms with Gasteiger partial charge in [0.2, 0.25) is 5.88 Å². The van der Waals surface area contributed by atoms with Crippen molar-refractivity contribution in [3.63, 3.8) is 0 Å². The molecule has 0 bridgehead atoms. The Bertz CT molecular complexity index is 1190. The molecule has 0 radical (unpaired) electrons. The van der Waals surface area contributed by atoms with E-state index in [1.54, 1.807) is 6.20 Å². The summed E-state index contributed by atoms with van der Waals surface area (Å²) in [6.45, 7) is 2.72. The lowest BCUT2D eigenvalue weighted by atomic mass is 9.98. The van der Waals surface area contributed by atoms with Gasteiger partial charge in [0.15, 0.2) is 4.77 Å². The number of pyridine rings is 1. The lowest BCUT2D eigenvalue weighted by Crippen LogP contribution is -2.29. The smallest absolute Gasteiger partial charge is 0.264 e. The highest BCUT2D eigenvalue weighted by Gasteiger charge is 2.23. The molecule has 1 aliphatic rings. The number of H-pyrrole nitrogens is 1. The summed E-state index contributed by atoms with van der Waals surface area (Å²) in [6.07, 6.45) is 8.10. The standard InChI is InChI=1S/C22H23N5O2S/c1-15-6-4-8-17(12-15)27-21(29)18(20(28)25-22(27)30)14-24-26-11-3-2-9-19(26)16-7-5-10-23-13-16/h4-8,10,12-14,19,29H,2-3,9,11H2,1H3,(H,25,28,30)/b24-14+/t19-/m0/s1. The second-order valence-electron chi connectivity index (χ2n) is 7.38. The van der Waals surface area contributed by atoms with Crippen molar-refractivity contribution >= 4 is 18.4 Å². The summed E-state index contributed by atoms with van der Waals surface area (Å²) in [6, 6.07) is 11.6. The van der Waals surface area contributed by atoms with Crippen molar-refractivity contribution in [3.8, 4) is 11.6 Å². The zero-order chi connectivity index (χ0) is 21.1. The molecule has 1 fully saturated rings. The van der Waals surface area contributed by atoms with E-state index in [9.17, 15) is 9.90 Å². The molecule has 2 aromatic heterocycles. The van der Waals surface area contributed by atoms with Crippen molar-refractivity contribution in [3.05, 3.63) is 80.6 Å². The number of aromatic amines is 1. The van der Waals surface area contributed by atoms with E-state index in [0.29, 0.717) is 5.69 Å². The molecule has 8 heteroatoms. The lowest BCUT2D eigenvalue weighted by Gasteiger charge is -2.33. The van der Waals surface area contributed by atoms with Crippen LogP contribution in [0.15, 0.2) is 58.7 Å². The van der Waals surface area contributed by atoms with Gasteiger partial charge < -0.3 is 5.11 Å². The third-order valence-electron chi connectivity index (χ3n) is 5.26. The van der Waals surface area contributed by atoms with E-state index in [0.717, 1.165) is 36.9 Å². The molecule has 3 heterocycles. The van der Waals surface area contributed by atoms with Gasteiger partial charge in [0.1, 0.15) is 5.56 Å². The molecule has 1 saturated heterocycles. The van der Waals surface area contributed by atoms with Crippen molar-refractivity contribution in [2.24, 2.45) is 5.10 Å². The Kier molecular flexibility index (Phi) is 5.76. The second-order valence-corrected chi connectivity index (χ2v) is 7.76. The van der Waals surface area contributed by atoms with Gasteiger partial charge in [0, 0.05) is 18.9 Å². The highest BCUT2D eigenvalue weighted by Crippen LogP contribution is 2.30. The van der Waals surface area contributed by atoms with Gasteiger partial charge in [-0.3, -0.25) is 24.3 Å². The number of aromatic nitrogens is 3. The molecule has 0 amide bonds. The molecule has 1 aromatic carbocycles. The predicted octanol–water partition coefficient (Wildman–Crippen LogP) is 3.87. The van der Waals surface area contributed by atoms with Crippen molar-refractivity contribution in [2.75, 3.05) is 6.54 Å². The number of nitrogens with zero attached hydrogens (tertiary/aromatic N) is 4. The minimum Gasteiger partial charge on any atom is -0.494 e. The van der Waals surface area contributed by atoms with E-state index in [4.69, 9.17) is 12.2 Å². The molecule has 4 rings (SSSR count). The van der Waals surface area contributed by atoms with Gasteiger partial charge in [-0.15, -0.1) is 0 Å². The van der Waals surface area contributed by atoms with Crippen LogP contribution in [0.1, 0.15) is 42.0 Å². The van der Waals surface area contributed by atoms with Crippen molar-refractivity contribution in [1.82, 2.24) is 19.5 Å². The summed E-state index contributed by atoms with van der Waals surface area (Å²) >= 11 is 5.29. The molecular formula is C22H23N5O2S. The number of nitrogens with one attached hydrogen (secondary N) is 1. The largest absolute Gasteiger partial charge is 0.494 e. The number of aryl methyl sites for hydroxylation is 1. The number of benzene rings is 1. The van der Waals surface area contributed by atoms with Crippen LogP contribution in [0.5, 0.6) is 5.88 Å². The first kappa shape index (κ1) is 20.0. The van der Waals surface area contributed by atoms with Gasteiger partial charge in [-0.25, -0.2) is 0 Å². The quantitative estimate of drug-likeness (QED) is 0.493. The first-order valence-electron chi connectivity index (χ1n) is 9.90. The van der Waals surface area contributed by atoms with E-state index in [2.05, 4.69) is 15.1 Å². The van der Waals surface area contributed by atoms with Gasteiger partial charge in [0.05, 0.1) is 17.9 Å². The summed E-state index contributed by atoms with van der Waals surface area (Å²) in [5.41, 5.74) is 2.38. The summed E-state index contributed by atoms with van der Waals surface area (Å²) in [7, 11) is 0. The topological polar surface area (TPSA) is 86.5 Å². The fourth-order valence-electron chi connectivity index (χ4n) is 3.76. The summed E-state index contributed by atoms with van der Waals surface area (Å²) in [4.78, 5) is 19.4. The van der Waals surface area contributed by atoms with Crippen LogP contribution in [0.3, 0.4) is 0 Å². The highest BCUT2D eigenvalue weighted by atomic mass is 32.1. The van der Waals surface area contributed by atoms with E-state index < -0.39 is 5.56 Å². The zero-order valence-electron chi connectivity index (χ0n) is 16.7. The molecule has 154 valence electrons.